The smallest absolute Gasteiger partial charge is 0.225 e. The van der Waals surface area contributed by atoms with Gasteiger partial charge in [-0.15, -0.1) is 0 Å². The van der Waals surface area contributed by atoms with Crippen molar-refractivity contribution in [3.8, 4) is 0 Å². The zero-order chi connectivity index (χ0) is 23.6. The molecule has 1 fully saturated rings. The van der Waals surface area contributed by atoms with Crippen LogP contribution in [0.15, 0.2) is 17.8 Å². The Morgan fingerprint density at radius 3 is 2.69 bits per heavy atom. The van der Waals surface area contributed by atoms with Crippen LogP contribution >= 0.6 is 0 Å². The molecular weight excluding hydrogens is 424 g/mol. The van der Waals surface area contributed by atoms with E-state index in [4.69, 9.17) is 10.3 Å². The Morgan fingerprint density at radius 1 is 1.38 bits per heavy atom. The first kappa shape index (κ1) is 23.2. The van der Waals surface area contributed by atoms with Crippen molar-refractivity contribution in [2.75, 3.05) is 18.0 Å². The molecule has 2 N–H and O–H groups in total. The van der Waals surface area contributed by atoms with Crippen molar-refractivity contribution in [3.05, 3.63) is 23.1 Å². The summed E-state index contributed by atoms with van der Waals surface area (Å²) >= 11 is 0. The number of carbonyl (C=O) groups is 3. The van der Waals surface area contributed by atoms with Crippen LogP contribution in [0.2, 0.25) is 0 Å². The number of ketones is 2. The van der Waals surface area contributed by atoms with Crippen LogP contribution in [0.5, 0.6) is 0 Å². The molecule has 2 aromatic heterocycles. The molecule has 3 rings (SSSR count). The second-order valence-corrected chi connectivity index (χ2v) is 7.40. The van der Waals surface area contributed by atoms with Crippen molar-refractivity contribution >= 4 is 34.5 Å². The van der Waals surface area contributed by atoms with Crippen molar-refractivity contribution in [2.45, 2.75) is 51.2 Å². The minimum absolute atomic E-state index is 0.0181. The Bertz CT molecular complexity index is 1110. The number of hydrogen-bond acceptors (Lipinski definition) is 10. The standard InChI is InChI=1S/C18H22N8O6/c1-9(27)14(30)15-18(31,10(2)28)6-12(32-15)26-8-22-13-16(20-7-21-17(13)26)25(11(3)29)5-4-23-24-19/h7-8,12,14-15,30-31H,4-6H2,1-3H3/t12-,14?,15-,18-/m1/s1. The lowest BCUT2D eigenvalue weighted by atomic mass is 9.86. The number of rotatable bonds is 8. The highest BCUT2D eigenvalue weighted by Gasteiger charge is 2.55. The molecule has 32 heavy (non-hydrogen) atoms. The third-order valence-electron chi connectivity index (χ3n) is 5.35. The van der Waals surface area contributed by atoms with E-state index in [1.54, 1.807) is 0 Å². The first-order chi connectivity index (χ1) is 15.1. The van der Waals surface area contributed by atoms with Crippen molar-refractivity contribution in [2.24, 2.45) is 5.11 Å². The Kier molecular flexibility index (Phi) is 6.50. The third-order valence-corrected chi connectivity index (χ3v) is 5.35. The average Bonchev–Trinajstić information content (AvgIpc) is 3.32. The van der Waals surface area contributed by atoms with Crippen molar-refractivity contribution in [3.63, 3.8) is 0 Å². The summed E-state index contributed by atoms with van der Waals surface area (Å²) in [5, 5.41) is 24.5. The maximum Gasteiger partial charge on any atom is 0.225 e. The molecule has 3 heterocycles. The summed E-state index contributed by atoms with van der Waals surface area (Å²) in [6.07, 6.45) is -1.88. The highest BCUT2D eigenvalue weighted by molar-refractivity contribution is 5.97. The van der Waals surface area contributed by atoms with Gasteiger partial charge in [0.2, 0.25) is 5.91 Å². The zero-order valence-corrected chi connectivity index (χ0v) is 17.6. The number of azide groups is 1. The molecule has 1 saturated heterocycles. The molecule has 0 radical (unpaired) electrons. The van der Waals surface area contributed by atoms with Crippen molar-refractivity contribution in [1.82, 2.24) is 19.5 Å². The molecule has 1 unspecified atom stereocenters. The van der Waals surface area contributed by atoms with E-state index in [1.807, 2.05) is 0 Å². The fourth-order valence-corrected chi connectivity index (χ4v) is 3.62. The van der Waals surface area contributed by atoms with Gasteiger partial charge in [0, 0.05) is 31.3 Å². The van der Waals surface area contributed by atoms with E-state index in [2.05, 4.69) is 25.0 Å². The van der Waals surface area contributed by atoms with E-state index in [-0.39, 0.29) is 42.4 Å². The number of nitrogens with zero attached hydrogens (tertiary/aromatic N) is 8. The van der Waals surface area contributed by atoms with E-state index in [0.29, 0.717) is 0 Å². The lowest BCUT2D eigenvalue weighted by Gasteiger charge is -2.27. The number of hydrogen-bond donors (Lipinski definition) is 2. The molecule has 0 aromatic carbocycles. The Balaban J connectivity index is 2.01. The molecule has 14 nitrogen and oxygen atoms in total. The highest BCUT2D eigenvalue weighted by Crippen LogP contribution is 2.40. The number of ether oxygens (including phenoxy) is 1. The van der Waals surface area contributed by atoms with Crippen LogP contribution < -0.4 is 4.90 Å². The van der Waals surface area contributed by atoms with E-state index >= 15 is 0 Å². The first-order valence-electron chi connectivity index (χ1n) is 9.65. The second-order valence-electron chi connectivity index (χ2n) is 7.40. The number of anilines is 1. The van der Waals surface area contributed by atoms with E-state index in [9.17, 15) is 24.6 Å². The van der Waals surface area contributed by atoms with Gasteiger partial charge in [-0.3, -0.25) is 23.9 Å². The molecule has 2 aromatic rings. The predicted octanol–water partition coefficient (Wildman–Crippen LogP) is 0.0470. The summed E-state index contributed by atoms with van der Waals surface area (Å²) in [7, 11) is 0. The number of amides is 1. The summed E-state index contributed by atoms with van der Waals surface area (Å²) in [6.45, 7) is 3.68. The lowest BCUT2D eigenvalue weighted by Crippen LogP contribution is -2.52. The first-order valence-corrected chi connectivity index (χ1v) is 9.65. The van der Waals surface area contributed by atoms with Crippen LogP contribution in [-0.4, -0.2) is 78.1 Å². The fraction of sp³-hybridized carbons (Fsp3) is 0.556. The van der Waals surface area contributed by atoms with Gasteiger partial charge in [-0.1, -0.05) is 5.11 Å². The van der Waals surface area contributed by atoms with Gasteiger partial charge >= 0.3 is 0 Å². The fourth-order valence-electron chi connectivity index (χ4n) is 3.62. The molecule has 1 aliphatic rings. The number of aliphatic hydroxyl groups is 2. The largest absolute Gasteiger partial charge is 0.382 e. The number of aliphatic hydroxyl groups excluding tert-OH is 1. The maximum atomic E-state index is 12.1. The normalized spacial score (nSPS) is 23.5. The van der Waals surface area contributed by atoms with Gasteiger partial charge in [0.1, 0.15) is 24.8 Å². The highest BCUT2D eigenvalue weighted by atomic mass is 16.6. The van der Waals surface area contributed by atoms with Crippen molar-refractivity contribution in [1.29, 1.82) is 0 Å². The summed E-state index contributed by atoms with van der Waals surface area (Å²) in [4.78, 5) is 52.5. The molecule has 0 aliphatic carbocycles. The van der Waals surface area contributed by atoms with Gasteiger partial charge in [0.25, 0.3) is 0 Å². The maximum absolute atomic E-state index is 12.1. The van der Waals surface area contributed by atoms with Gasteiger partial charge in [0.05, 0.1) is 6.33 Å². The van der Waals surface area contributed by atoms with E-state index in [0.717, 1.165) is 13.8 Å². The minimum atomic E-state index is -2.09. The molecular formula is C18H22N8O6. The Morgan fingerprint density at radius 2 is 2.09 bits per heavy atom. The van der Waals surface area contributed by atoms with Crippen LogP contribution in [0.1, 0.15) is 33.4 Å². The number of Topliss-reactive ketones (excluding diaryl/α,β-unsaturated/α-hetero) is 2. The summed E-state index contributed by atoms with van der Waals surface area (Å²) in [5.41, 5.74) is 6.85. The van der Waals surface area contributed by atoms with Crippen LogP contribution in [0.25, 0.3) is 21.6 Å². The molecule has 0 spiro atoms. The van der Waals surface area contributed by atoms with Crippen LogP contribution in [0.3, 0.4) is 0 Å². The number of fused-ring (bicyclic) bond motifs is 1. The van der Waals surface area contributed by atoms with Gasteiger partial charge in [-0.2, -0.15) is 0 Å². The minimum Gasteiger partial charge on any atom is -0.382 e. The Labute approximate surface area is 181 Å². The van der Waals surface area contributed by atoms with Crippen LogP contribution in [0.4, 0.5) is 5.82 Å². The van der Waals surface area contributed by atoms with E-state index in [1.165, 1.54) is 29.0 Å². The number of carbonyl (C=O) groups excluding carboxylic acids is 3. The van der Waals surface area contributed by atoms with E-state index < -0.39 is 35.6 Å². The Hall–Kier alpha value is -3.45. The molecule has 1 amide bonds. The molecule has 14 heteroatoms. The van der Waals surface area contributed by atoms with Gasteiger partial charge < -0.3 is 14.9 Å². The number of imidazole rings is 1. The molecule has 170 valence electrons. The van der Waals surface area contributed by atoms with Gasteiger partial charge in [-0.05, 0) is 19.4 Å². The average molecular weight is 446 g/mol. The SMILES string of the molecule is CC(=O)C(O)[C@H]1O[C@@H](n2cnc3c(N(CCN=[N+]=[N-])C(C)=O)ncnc32)C[C@@]1(O)C(C)=O. The summed E-state index contributed by atoms with van der Waals surface area (Å²) in [6, 6.07) is 0. The zero-order valence-electron chi connectivity index (χ0n) is 17.6. The molecule has 1 aliphatic heterocycles. The summed E-state index contributed by atoms with van der Waals surface area (Å²) in [5.74, 6) is -1.51. The second kappa shape index (κ2) is 8.96. The van der Waals surface area contributed by atoms with Gasteiger partial charge in [-0.25, -0.2) is 15.0 Å². The number of aromatic nitrogens is 4. The van der Waals surface area contributed by atoms with Crippen LogP contribution in [-0.2, 0) is 19.1 Å². The predicted molar refractivity (Wildman–Crippen MR) is 108 cm³/mol. The quantitative estimate of drug-likeness (QED) is 0.319. The molecule has 4 atom stereocenters. The molecule has 0 saturated carbocycles. The van der Waals surface area contributed by atoms with Crippen molar-refractivity contribution < 1.29 is 29.3 Å². The monoisotopic (exact) mass is 446 g/mol. The van der Waals surface area contributed by atoms with Gasteiger partial charge in [0.15, 0.2) is 34.1 Å². The summed E-state index contributed by atoms with van der Waals surface area (Å²) < 4.78 is 7.15. The molecule has 0 bridgehead atoms. The topological polar surface area (TPSA) is 196 Å². The van der Waals surface area contributed by atoms with Crippen LogP contribution in [0, 0.1) is 0 Å². The lowest BCUT2D eigenvalue weighted by molar-refractivity contribution is -0.158. The third kappa shape index (κ3) is 4.03.